The van der Waals surface area contributed by atoms with Gasteiger partial charge < -0.3 is 25.1 Å². The highest BCUT2D eigenvalue weighted by Crippen LogP contribution is 2.31. The Kier molecular flexibility index (Phi) is 8.89. The number of carbonyl (C=O) groups excluding carboxylic acids is 1. The second-order valence-electron chi connectivity index (χ2n) is 8.85. The first-order valence-electron chi connectivity index (χ1n) is 11.3. The van der Waals surface area contributed by atoms with Gasteiger partial charge in [0.15, 0.2) is 6.73 Å². The Hall–Kier alpha value is -3.07. The molecule has 1 aliphatic heterocycles. The molecule has 2 heterocycles. The van der Waals surface area contributed by atoms with Crippen molar-refractivity contribution in [1.82, 2.24) is 9.13 Å². The van der Waals surface area contributed by atoms with Crippen molar-refractivity contribution in [3.63, 3.8) is 0 Å². The van der Waals surface area contributed by atoms with Gasteiger partial charge in [-0.25, -0.2) is 9.36 Å². The van der Waals surface area contributed by atoms with Crippen LogP contribution >= 0.6 is 0 Å². The Morgan fingerprint density at radius 3 is 2.46 bits per heavy atom. The minimum Gasteiger partial charge on any atom is -0.442 e. The summed E-state index contributed by atoms with van der Waals surface area (Å²) in [6.45, 7) is 1.80. The van der Waals surface area contributed by atoms with Crippen LogP contribution in [0.25, 0.3) is 0 Å². The van der Waals surface area contributed by atoms with Crippen LogP contribution in [0.3, 0.4) is 0 Å². The van der Waals surface area contributed by atoms with E-state index in [-0.39, 0.29) is 18.9 Å². The molecular weight excluding hydrogens is 506 g/mol. The van der Waals surface area contributed by atoms with Crippen molar-refractivity contribution >= 4 is 5.97 Å². The fraction of sp³-hybridized carbons (Fsp3) is 0.522. The smallest absolute Gasteiger partial charge is 0.416 e. The monoisotopic (exact) mass is 533 g/mol. The molecule has 1 fully saturated rings. The van der Waals surface area contributed by atoms with Crippen molar-refractivity contribution < 1.29 is 41.7 Å². The topological polar surface area (TPSA) is 135 Å². The summed E-state index contributed by atoms with van der Waals surface area (Å²) in [4.78, 5) is 37.1. The van der Waals surface area contributed by atoms with E-state index in [1.165, 1.54) is 12.1 Å². The van der Waals surface area contributed by atoms with Gasteiger partial charge >= 0.3 is 17.8 Å². The molecule has 14 heteroatoms. The van der Waals surface area contributed by atoms with Crippen molar-refractivity contribution in [2.24, 2.45) is 11.7 Å². The molecule has 3 N–H and O–H groups in total. The number of aliphatic hydroxyl groups excluding tert-OH is 1. The maximum atomic E-state index is 14.4. The van der Waals surface area contributed by atoms with Gasteiger partial charge in [-0.2, -0.15) is 17.6 Å². The maximum absolute atomic E-state index is 14.4. The summed E-state index contributed by atoms with van der Waals surface area (Å²) < 4.78 is 70.0. The Morgan fingerprint density at radius 1 is 1.24 bits per heavy atom. The average molecular weight is 533 g/mol. The summed E-state index contributed by atoms with van der Waals surface area (Å²) in [5.74, 6) is -2.48. The molecule has 0 amide bonds. The average Bonchev–Trinajstić information content (AvgIpc) is 3.26. The molecule has 2 aromatic rings. The van der Waals surface area contributed by atoms with Crippen LogP contribution < -0.4 is 17.0 Å². The van der Waals surface area contributed by atoms with Crippen LogP contribution in [-0.4, -0.2) is 45.1 Å². The molecular formula is C23H27F4N3O7. The zero-order valence-electron chi connectivity index (χ0n) is 20.0. The summed E-state index contributed by atoms with van der Waals surface area (Å²) >= 11 is 0. The zero-order chi connectivity index (χ0) is 27.5. The van der Waals surface area contributed by atoms with Crippen LogP contribution in [0.1, 0.15) is 37.6 Å². The second-order valence-corrected chi connectivity index (χ2v) is 8.85. The number of aromatic nitrogens is 2. The van der Waals surface area contributed by atoms with Gasteiger partial charge in [0.25, 0.3) is 5.56 Å². The molecule has 1 saturated heterocycles. The first-order chi connectivity index (χ1) is 17.3. The Balaban J connectivity index is 1.74. The minimum atomic E-state index is -4.48. The lowest BCUT2D eigenvalue weighted by Crippen LogP contribution is -2.44. The lowest BCUT2D eigenvalue weighted by atomic mass is 10.1. The van der Waals surface area contributed by atoms with E-state index in [1.807, 2.05) is 0 Å². The lowest BCUT2D eigenvalue weighted by Gasteiger charge is -2.18. The van der Waals surface area contributed by atoms with E-state index in [0.717, 1.165) is 16.7 Å². The number of nitrogens with zero attached hydrogens (tertiary/aromatic N) is 2. The van der Waals surface area contributed by atoms with Crippen LogP contribution in [0.4, 0.5) is 17.6 Å². The number of esters is 1. The molecule has 1 aromatic carbocycles. The van der Waals surface area contributed by atoms with Crippen molar-refractivity contribution in [3.8, 4) is 0 Å². The van der Waals surface area contributed by atoms with Crippen molar-refractivity contribution in [2.75, 3.05) is 6.61 Å². The summed E-state index contributed by atoms with van der Waals surface area (Å²) in [5.41, 5.74) is 2.92. The SMILES string of the molecule is CC(C)[C@H](N)C(=O)OCn1c(=O)c(F)cn([C@H]2C[C@H](OCc3ccc(C(F)(F)F)cc3)[C@@H](CO)O2)c1=O. The predicted molar refractivity (Wildman–Crippen MR) is 119 cm³/mol. The van der Waals surface area contributed by atoms with Gasteiger partial charge in [-0.15, -0.1) is 0 Å². The number of hydrogen-bond acceptors (Lipinski definition) is 8. The van der Waals surface area contributed by atoms with E-state index in [1.54, 1.807) is 13.8 Å². The predicted octanol–water partition coefficient (Wildman–Crippen LogP) is 1.52. The molecule has 0 radical (unpaired) electrons. The van der Waals surface area contributed by atoms with Crippen molar-refractivity contribution in [2.45, 2.75) is 64.3 Å². The van der Waals surface area contributed by atoms with Gasteiger partial charge in [0.2, 0.25) is 5.82 Å². The van der Waals surface area contributed by atoms with E-state index in [0.29, 0.717) is 16.3 Å². The van der Waals surface area contributed by atoms with E-state index in [9.17, 15) is 37.1 Å². The van der Waals surface area contributed by atoms with Crippen LogP contribution in [0.2, 0.25) is 0 Å². The molecule has 37 heavy (non-hydrogen) atoms. The lowest BCUT2D eigenvalue weighted by molar-refractivity contribution is -0.150. The number of benzene rings is 1. The molecule has 1 aromatic heterocycles. The number of rotatable bonds is 9. The molecule has 1 aliphatic rings. The normalized spacial score (nSPS) is 20.8. The Morgan fingerprint density at radius 2 is 1.89 bits per heavy atom. The number of alkyl halides is 3. The molecule has 0 saturated carbocycles. The summed E-state index contributed by atoms with van der Waals surface area (Å²) in [7, 11) is 0. The molecule has 0 bridgehead atoms. The fourth-order valence-electron chi connectivity index (χ4n) is 3.61. The molecule has 10 nitrogen and oxygen atoms in total. The van der Waals surface area contributed by atoms with Crippen LogP contribution in [0.15, 0.2) is 40.1 Å². The number of aliphatic hydroxyl groups is 1. The first-order valence-corrected chi connectivity index (χ1v) is 11.3. The van der Waals surface area contributed by atoms with Gasteiger partial charge in [-0.05, 0) is 23.6 Å². The minimum absolute atomic E-state index is 0.0541. The van der Waals surface area contributed by atoms with Crippen molar-refractivity contribution in [3.05, 3.63) is 68.2 Å². The number of carbonyl (C=O) groups is 1. The Bertz CT molecular complexity index is 1210. The Labute approximate surface area is 208 Å². The van der Waals surface area contributed by atoms with Crippen LogP contribution in [0, 0.1) is 11.7 Å². The highest BCUT2D eigenvalue weighted by atomic mass is 19.4. The summed E-state index contributed by atoms with van der Waals surface area (Å²) in [5, 5.41) is 9.67. The van der Waals surface area contributed by atoms with E-state index < -0.39 is 72.6 Å². The molecule has 3 rings (SSSR count). The number of hydrogen-bond donors (Lipinski definition) is 2. The highest BCUT2D eigenvalue weighted by Gasteiger charge is 2.38. The summed E-state index contributed by atoms with van der Waals surface area (Å²) in [6.07, 6.45) is -6.81. The molecule has 0 aliphatic carbocycles. The van der Waals surface area contributed by atoms with Gasteiger partial charge in [0.05, 0.1) is 31.1 Å². The third kappa shape index (κ3) is 6.63. The number of ether oxygens (including phenoxy) is 3. The second kappa shape index (κ2) is 11.5. The quantitative estimate of drug-likeness (QED) is 0.366. The summed E-state index contributed by atoms with van der Waals surface area (Å²) in [6, 6.07) is 3.28. The fourth-order valence-corrected chi connectivity index (χ4v) is 3.61. The van der Waals surface area contributed by atoms with Crippen molar-refractivity contribution in [1.29, 1.82) is 0 Å². The standard InChI is InChI=1S/C23H27F4N3O7/c1-12(2)19(28)21(33)36-11-30-20(32)15(24)8-29(22(30)34)18-7-16(17(9-31)37-18)35-10-13-3-5-14(6-4-13)23(25,26)27/h3-6,8,12,16-19,31H,7,9-11,28H2,1-2H3/t16-,17+,18+,19-/m0/s1. The first kappa shape index (κ1) is 28.5. The molecule has 0 unspecified atom stereocenters. The van der Waals surface area contributed by atoms with Gasteiger partial charge in [-0.3, -0.25) is 14.2 Å². The van der Waals surface area contributed by atoms with E-state index >= 15 is 0 Å². The maximum Gasteiger partial charge on any atom is 0.416 e. The third-order valence-electron chi connectivity index (χ3n) is 5.90. The number of halogens is 4. The largest absolute Gasteiger partial charge is 0.442 e. The van der Waals surface area contributed by atoms with Gasteiger partial charge in [-0.1, -0.05) is 26.0 Å². The van der Waals surface area contributed by atoms with Crippen LogP contribution in [-0.2, 0) is 38.5 Å². The molecule has 4 atom stereocenters. The van der Waals surface area contributed by atoms with Gasteiger partial charge in [0, 0.05) is 6.42 Å². The third-order valence-corrected chi connectivity index (χ3v) is 5.90. The number of nitrogens with two attached hydrogens (primary N) is 1. The zero-order valence-corrected chi connectivity index (χ0v) is 20.0. The van der Waals surface area contributed by atoms with Gasteiger partial charge in [0.1, 0.15) is 18.4 Å². The molecule has 204 valence electrons. The van der Waals surface area contributed by atoms with Crippen LogP contribution in [0.5, 0.6) is 0 Å². The van der Waals surface area contributed by atoms with E-state index in [2.05, 4.69) is 0 Å². The highest BCUT2D eigenvalue weighted by molar-refractivity contribution is 5.75. The molecule has 0 spiro atoms. The van der Waals surface area contributed by atoms with E-state index in [4.69, 9.17) is 19.9 Å².